The number of amides is 2. The number of aryl methyl sites for hydroxylation is 1. The molecule has 1 aliphatic carbocycles. The maximum Gasteiger partial charge on any atom is 0.417 e. The molecule has 40 heavy (non-hydrogen) atoms. The lowest BCUT2D eigenvalue weighted by Gasteiger charge is -2.37. The first-order valence-electron chi connectivity index (χ1n) is 13.4. The van der Waals surface area contributed by atoms with E-state index in [9.17, 15) is 22.8 Å². The fourth-order valence-electron chi connectivity index (χ4n) is 6.73. The highest BCUT2D eigenvalue weighted by molar-refractivity contribution is 6.03. The van der Waals surface area contributed by atoms with Crippen molar-refractivity contribution in [3.05, 3.63) is 34.9 Å². The van der Waals surface area contributed by atoms with Gasteiger partial charge in [-0.25, -0.2) is 0 Å². The first kappa shape index (κ1) is 27.1. The Hall–Kier alpha value is -3.10. The standard InChI is InChI=1S/C26H31F3N6O5/c1-14-31-24(40-33-14)35-13-25(9-17(8-18(25)22(35)36)32-20-4-6-39-12-21(20)38-2)23(37)34-5-3-19-15(11-34)7-16(10-30-19)26(27,28)29/h7,10,17-18,20-21,32H,3-6,8-9,11-13H2,1-2H3/t17-,18+,20?,21?,25+/m1/s1. The highest BCUT2D eigenvalue weighted by Crippen LogP contribution is 2.52. The molecule has 6 rings (SSSR count). The van der Waals surface area contributed by atoms with Crippen LogP contribution in [0.3, 0.4) is 0 Å². The second-order valence-corrected chi connectivity index (χ2v) is 11.1. The molecule has 216 valence electrons. The van der Waals surface area contributed by atoms with E-state index in [1.807, 2.05) is 0 Å². The van der Waals surface area contributed by atoms with Crippen molar-refractivity contribution in [2.75, 3.05) is 38.3 Å². The minimum atomic E-state index is -4.53. The van der Waals surface area contributed by atoms with E-state index in [4.69, 9.17) is 14.0 Å². The Kier molecular flexibility index (Phi) is 6.82. The fourth-order valence-corrected chi connectivity index (χ4v) is 6.73. The number of aromatic nitrogens is 3. The SMILES string of the molecule is COC1COCCC1N[C@@H]1C[C@H]2C(=O)N(c3nc(C)no3)C[C@@]2(C(=O)N2CCc3ncc(C(F)(F)F)cc3C2)C1. The van der Waals surface area contributed by atoms with Crippen LogP contribution in [0.4, 0.5) is 19.2 Å². The quantitative estimate of drug-likeness (QED) is 0.580. The Morgan fingerprint density at radius 2 is 2.15 bits per heavy atom. The largest absolute Gasteiger partial charge is 0.417 e. The first-order valence-corrected chi connectivity index (χ1v) is 13.4. The minimum absolute atomic E-state index is 0.00276. The van der Waals surface area contributed by atoms with Gasteiger partial charge >= 0.3 is 12.2 Å². The smallest absolute Gasteiger partial charge is 0.379 e. The molecule has 2 amide bonds. The topological polar surface area (TPSA) is 123 Å². The number of nitrogens with zero attached hydrogens (tertiary/aromatic N) is 5. The molecule has 3 aliphatic heterocycles. The molecule has 5 atom stereocenters. The van der Waals surface area contributed by atoms with Crippen LogP contribution in [0.5, 0.6) is 0 Å². The molecule has 2 aromatic rings. The number of pyridine rings is 1. The van der Waals surface area contributed by atoms with Crippen molar-refractivity contribution >= 4 is 17.8 Å². The van der Waals surface area contributed by atoms with Crippen LogP contribution >= 0.6 is 0 Å². The Labute approximate surface area is 228 Å². The van der Waals surface area contributed by atoms with Crippen LogP contribution < -0.4 is 10.2 Å². The van der Waals surface area contributed by atoms with Gasteiger partial charge < -0.3 is 24.2 Å². The van der Waals surface area contributed by atoms with Gasteiger partial charge in [0.15, 0.2) is 5.82 Å². The van der Waals surface area contributed by atoms with Crippen molar-refractivity contribution < 1.29 is 36.8 Å². The molecule has 1 saturated carbocycles. The van der Waals surface area contributed by atoms with Gasteiger partial charge in [0.2, 0.25) is 11.8 Å². The Morgan fingerprint density at radius 3 is 2.88 bits per heavy atom. The summed E-state index contributed by atoms with van der Waals surface area (Å²) in [7, 11) is 1.63. The van der Waals surface area contributed by atoms with Gasteiger partial charge in [-0.05, 0) is 37.8 Å². The zero-order valence-electron chi connectivity index (χ0n) is 22.2. The number of carbonyl (C=O) groups is 2. The molecule has 0 aromatic carbocycles. The number of alkyl halides is 3. The molecule has 14 heteroatoms. The summed E-state index contributed by atoms with van der Waals surface area (Å²) in [5.41, 5.74) is -1.03. The van der Waals surface area contributed by atoms with Gasteiger partial charge in [-0.2, -0.15) is 18.2 Å². The molecule has 2 aromatic heterocycles. The Bertz CT molecular complexity index is 1300. The van der Waals surface area contributed by atoms with E-state index in [-0.39, 0.29) is 49.1 Å². The molecule has 0 radical (unpaired) electrons. The summed E-state index contributed by atoms with van der Waals surface area (Å²) in [6.07, 6.45) is -1.98. The van der Waals surface area contributed by atoms with Crippen molar-refractivity contribution in [2.24, 2.45) is 11.3 Å². The molecular formula is C26H31F3N6O5. The van der Waals surface area contributed by atoms with Crippen molar-refractivity contribution in [3.8, 4) is 0 Å². The van der Waals surface area contributed by atoms with Gasteiger partial charge in [-0.1, -0.05) is 5.16 Å². The second-order valence-electron chi connectivity index (χ2n) is 11.1. The summed E-state index contributed by atoms with van der Waals surface area (Å²) in [6.45, 7) is 3.04. The molecule has 2 unspecified atom stereocenters. The molecule has 4 aliphatic rings. The lowest BCUT2D eigenvalue weighted by atomic mass is 9.78. The minimum Gasteiger partial charge on any atom is -0.379 e. The lowest BCUT2D eigenvalue weighted by Crippen LogP contribution is -2.52. The summed E-state index contributed by atoms with van der Waals surface area (Å²) in [6, 6.07) is 0.980. The van der Waals surface area contributed by atoms with Gasteiger partial charge in [0, 0.05) is 63.7 Å². The van der Waals surface area contributed by atoms with E-state index in [1.54, 1.807) is 18.9 Å². The maximum atomic E-state index is 14.3. The molecular weight excluding hydrogens is 533 g/mol. The molecule has 2 saturated heterocycles. The average molecular weight is 565 g/mol. The number of methoxy groups -OCH3 is 1. The number of hydrogen-bond acceptors (Lipinski definition) is 9. The van der Waals surface area contributed by atoms with E-state index >= 15 is 0 Å². The number of carbonyl (C=O) groups excluding carboxylic acids is 2. The van der Waals surface area contributed by atoms with Crippen LogP contribution in [0.15, 0.2) is 16.8 Å². The van der Waals surface area contributed by atoms with Crippen molar-refractivity contribution in [1.29, 1.82) is 0 Å². The van der Waals surface area contributed by atoms with Gasteiger partial charge in [-0.3, -0.25) is 19.5 Å². The monoisotopic (exact) mass is 564 g/mol. The van der Waals surface area contributed by atoms with Gasteiger partial charge in [-0.15, -0.1) is 0 Å². The van der Waals surface area contributed by atoms with E-state index in [0.717, 1.165) is 18.7 Å². The summed E-state index contributed by atoms with van der Waals surface area (Å²) in [5.74, 6) is -0.806. The molecule has 0 spiro atoms. The zero-order chi connectivity index (χ0) is 28.2. The number of hydrogen-bond donors (Lipinski definition) is 1. The predicted molar refractivity (Wildman–Crippen MR) is 132 cm³/mol. The number of anilines is 1. The predicted octanol–water partition coefficient (Wildman–Crippen LogP) is 1.88. The summed E-state index contributed by atoms with van der Waals surface area (Å²) < 4.78 is 56.5. The van der Waals surface area contributed by atoms with Gasteiger partial charge in [0.05, 0.1) is 29.6 Å². The van der Waals surface area contributed by atoms with Crippen LogP contribution in [0.25, 0.3) is 0 Å². The lowest BCUT2D eigenvalue weighted by molar-refractivity contribution is -0.145. The first-order chi connectivity index (χ1) is 19.1. The molecule has 11 nitrogen and oxygen atoms in total. The molecule has 1 N–H and O–H groups in total. The average Bonchev–Trinajstić information content (AvgIpc) is 3.60. The van der Waals surface area contributed by atoms with E-state index in [0.29, 0.717) is 56.1 Å². The van der Waals surface area contributed by atoms with Crippen molar-refractivity contribution in [1.82, 2.24) is 25.3 Å². The Balaban J connectivity index is 1.28. The highest BCUT2D eigenvalue weighted by Gasteiger charge is 2.64. The van der Waals surface area contributed by atoms with Crippen LogP contribution in [-0.4, -0.2) is 83.4 Å². The molecule has 5 heterocycles. The van der Waals surface area contributed by atoms with Gasteiger partial charge in [0.1, 0.15) is 0 Å². The van der Waals surface area contributed by atoms with E-state index in [1.165, 1.54) is 4.90 Å². The van der Waals surface area contributed by atoms with Crippen molar-refractivity contribution in [3.63, 3.8) is 0 Å². The van der Waals surface area contributed by atoms with Crippen LogP contribution in [0.2, 0.25) is 0 Å². The normalized spacial score (nSPS) is 30.5. The number of ether oxygens (including phenoxy) is 2. The van der Waals surface area contributed by atoms with Crippen molar-refractivity contribution in [2.45, 2.75) is 63.5 Å². The second kappa shape index (κ2) is 10.1. The Morgan fingerprint density at radius 1 is 1.32 bits per heavy atom. The van der Waals surface area contributed by atoms with E-state index in [2.05, 4.69) is 20.4 Å². The van der Waals surface area contributed by atoms with Crippen LogP contribution in [-0.2, 0) is 38.2 Å². The van der Waals surface area contributed by atoms with Crippen LogP contribution in [0, 0.1) is 18.3 Å². The zero-order valence-corrected chi connectivity index (χ0v) is 22.2. The third kappa shape index (κ3) is 4.65. The molecule has 0 bridgehead atoms. The highest BCUT2D eigenvalue weighted by atomic mass is 19.4. The van der Waals surface area contributed by atoms with Gasteiger partial charge in [0.25, 0.3) is 0 Å². The summed E-state index contributed by atoms with van der Waals surface area (Å²) in [4.78, 5) is 39.3. The van der Waals surface area contributed by atoms with Crippen LogP contribution in [0.1, 0.15) is 41.9 Å². The summed E-state index contributed by atoms with van der Waals surface area (Å²) >= 11 is 0. The third-order valence-corrected chi connectivity index (χ3v) is 8.69. The number of rotatable bonds is 5. The summed E-state index contributed by atoms with van der Waals surface area (Å²) in [5, 5.41) is 7.41. The fraction of sp³-hybridized carbons (Fsp3) is 0.654. The third-order valence-electron chi connectivity index (χ3n) is 8.69. The number of halogens is 3. The number of nitrogens with one attached hydrogen (secondary N) is 1. The number of fused-ring (bicyclic) bond motifs is 2. The molecule has 3 fully saturated rings. The van der Waals surface area contributed by atoms with E-state index < -0.39 is 23.1 Å². The maximum absolute atomic E-state index is 14.3.